The molecule has 0 aromatic heterocycles. The molecule has 0 saturated heterocycles. The van der Waals surface area contributed by atoms with Gasteiger partial charge >= 0.3 is 5.97 Å². The molecule has 0 radical (unpaired) electrons. The van der Waals surface area contributed by atoms with Crippen LogP contribution in [0, 0.1) is 0 Å². The second-order valence-corrected chi connectivity index (χ2v) is 9.25. The molecule has 170 valence electrons. The van der Waals surface area contributed by atoms with Crippen LogP contribution in [0.4, 0.5) is 0 Å². The van der Waals surface area contributed by atoms with Gasteiger partial charge in [0, 0.05) is 18.4 Å². The maximum atomic E-state index is 11.1. The highest BCUT2D eigenvalue weighted by Gasteiger charge is 2.17. The number of rotatable bonds is 15. The van der Waals surface area contributed by atoms with E-state index in [9.17, 15) is 9.59 Å². The van der Waals surface area contributed by atoms with Crippen molar-refractivity contribution >= 4 is 23.6 Å². The third kappa shape index (κ3) is 17.1. The zero-order valence-corrected chi connectivity index (χ0v) is 20.5. The maximum Gasteiger partial charge on any atom is 0.327 e. The highest BCUT2D eigenvalue weighted by atomic mass is 32.2. The Morgan fingerprint density at radius 3 is 1.70 bits per heavy atom. The van der Waals surface area contributed by atoms with E-state index in [4.69, 9.17) is 5.11 Å². The van der Waals surface area contributed by atoms with E-state index in [1.54, 1.807) is 0 Å². The standard InChI is InChI=1S/C25H41NO3S/c1-19(2)10-7-11-20(3)12-8-13-21(4)14-9-15-22(5)16-17-30-18-24(25(28)29)26-23(6)27/h10,12,14,16,24H,7-9,11,13,15,17-18H2,1-6H3,(H,26,27)(H,28,29). The van der Waals surface area contributed by atoms with Crippen LogP contribution in [0.3, 0.4) is 0 Å². The molecule has 0 aromatic carbocycles. The molecule has 0 fully saturated rings. The topological polar surface area (TPSA) is 66.4 Å². The van der Waals surface area contributed by atoms with Gasteiger partial charge < -0.3 is 10.4 Å². The number of aliphatic carboxylic acids is 1. The number of hydrogen-bond acceptors (Lipinski definition) is 3. The van der Waals surface area contributed by atoms with Crippen LogP contribution in [0.25, 0.3) is 0 Å². The summed E-state index contributed by atoms with van der Waals surface area (Å²) >= 11 is 1.52. The van der Waals surface area contributed by atoms with Crippen molar-refractivity contribution in [3.8, 4) is 0 Å². The van der Waals surface area contributed by atoms with E-state index in [-0.39, 0.29) is 5.91 Å². The fourth-order valence-electron chi connectivity index (χ4n) is 2.79. The van der Waals surface area contributed by atoms with Crippen molar-refractivity contribution in [1.82, 2.24) is 5.32 Å². The molecule has 1 atom stereocenters. The number of hydrogen-bond donors (Lipinski definition) is 2. The van der Waals surface area contributed by atoms with Gasteiger partial charge in [0.05, 0.1) is 0 Å². The van der Waals surface area contributed by atoms with Gasteiger partial charge in [0.25, 0.3) is 0 Å². The van der Waals surface area contributed by atoms with Crippen LogP contribution >= 0.6 is 11.8 Å². The van der Waals surface area contributed by atoms with Crippen LogP contribution in [0.2, 0.25) is 0 Å². The van der Waals surface area contributed by atoms with Crippen LogP contribution in [0.1, 0.15) is 80.1 Å². The molecular formula is C25H41NO3S. The Morgan fingerprint density at radius 1 is 0.800 bits per heavy atom. The molecule has 1 unspecified atom stereocenters. The molecule has 1 amide bonds. The molecule has 4 nitrogen and oxygen atoms in total. The van der Waals surface area contributed by atoms with Gasteiger partial charge in [0.15, 0.2) is 0 Å². The minimum atomic E-state index is -0.989. The average molecular weight is 436 g/mol. The Hall–Kier alpha value is -1.75. The molecule has 0 bridgehead atoms. The van der Waals surface area contributed by atoms with Crippen molar-refractivity contribution < 1.29 is 14.7 Å². The number of carbonyl (C=O) groups excluding carboxylic acids is 1. The smallest absolute Gasteiger partial charge is 0.327 e. The third-order valence-electron chi connectivity index (χ3n) is 4.66. The molecule has 30 heavy (non-hydrogen) atoms. The Bertz CT molecular complexity index is 655. The van der Waals surface area contributed by atoms with E-state index < -0.39 is 12.0 Å². The summed E-state index contributed by atoms with van der Waals surface area (Å²) in [5.74, 6) is -0.170. The predicted octanol–water partition coefficient (Wildman–Crippen LogP) is 6.45. The number of carbonyl (C=O) groups is 2. The number of allylic oxidation sites excluding steroid dienone is 7. The summed E-state index contributed by atoms with van der Waals surface area (Å²) in [7, 11) is 0. The first kappa shape index (κ1) is 28.2. The van der Waals surface area contributed by atoms with Gasteiger partial charge in [-0.05, 0) is 73.1 Å². The number of nitrogens with one attached hydrogen (secondary N) is 1. The third-order valence-corrected chi connectivity index (χ3v) is 5.64. The summed E-state index contributed by atoms with van der Waals surface area (Å²) in [6.07, 6.45) is 15.7. The highest BCUT2D eigenvalue weighted by molar-refractivity contribution is 7.99. The summed E-state index contributed by atoms with van der Waals surface area (Å²) in [6, 6.07) is -0.822. The lowest BCUT2D eigenvalue weighted by Crippen LogP contribution is -2.41. The van der Waals surface area contributed by atoms with Crippen molar-refractivity contribution in [2.45, 2.75) is 86.1 Å². The van der Waals surface area contributed by atoms with E-state index in [0.717, 1.165) is 44.3 Å². The van der Waals surface area contributed by atoms with Crippen LogP contribution in [0.5, 0.6) is 0 Å². The fourth-order valence-corrected chi connectivity index (χ4v) is 3.79. The van der Waals surface area contributed by atoms with E-state index in [1.165, 1.54) is 41.0 Å². The van der Waals surface area contributed by atoms with Crippen LogP contribution in [-0.2, 0) is 9.59 Å². The largest absolute Gasteiger partial charge is 0.480 e. The molecule has 0 spiro atoms. The van der Waals surface area contributed by atoms with Gasteiger partial charge in [-0.15, -0.1) is 0 Å². The Balaban J connectivity index is 4.12. The van der Waals surface area contributed by atoms with E-state index >= 15 is 0 Å². The van der Waals surface area contributed by atoms with Gasteiger partial charge in [-0.25, -0.2) is 4.79 Å². The molecule has 2 N–H and O–H groups in total. The predicted molar refractivity (Wildman–Crippen MR) is 131 cm³/mol. The second kappa shape index (κ2) is 17.0. The first-order valence-corrected chi connectivity index (χ1v) is 11.9. The number of carboxylic acids is 1. The summed E-state index contributed by atoms with van der Waals surface area (Å²) < 4.78 is 0. The van der Waals surface area contributed by atoms with Gasteiger partial charge in [0.1, 0.15) is 6.04 Å². The number of carboxylic acid groups (broad SMARTS) is 1. The molecule has 0 rings (SSSR count). The van der Waals surface area contributed by atoms with Crippen LogP contribution in [-0.4, -0.2) is 34.5 Å². The fraction of sp³-hybridized carbons (Fsp3) is 0.600. The summed E-state index contributed by atoms with van der Waals surface area (Å²) in [4.78, 5) is 22.1. The van der Waals surface area contributed by atoms with Gasteiger partial charge in [-0.3, -0.25) is 4.79 Å². The summed E-state index contributed by atoms with van der Waals surface area (Å²) in [5, 5.41) is 11.6. The van der Waals surface area contributed by atoms with Gasteiger partial charge in [-0.1, -0.05) is 46.6 Å². The van der Waals surface area contributed by atoms with Crippen molar-refractivity contribution in [3.63, 3.8) is 0 Å². The SMILES string of the molecule is CC(=O)NC(CSCC=C(C)CCC=C(C)CCC=C(C)CCC=C(C)C)C(=O)O. The van der Waals surface area contributed by atoms with E-state index in [0.29, 0.717) is 5.75 Å². The molecule has 0 aliphatic carbocycles. The highest BCUT2D eigenvalue weighted by Crippen LogP contribution is 2.14. The Morgan fingerprint density at radius 2 is 1.27 bits per heavy atom. The quantitative estimate of drug-likeness (QED) is 0.229. The molecule has 0 aliphatic rings. The normalized spacial score (nSPS) is 13.7. The molecule has 0 aromatic rings. The molecule has 0 heterocycles. The van der Waals surface area contributed by atoms with Crippen molar-refractivity contribution in [2.24, 2.45) is 0 Å². The maximum absolute atomic E-state index is 11.1. The number of amides is 1. The van der Waals surface area contributed by atoms with Crippen LogP contribution in [0.15, 0.2) is 46.6 Å². The van der Waals surface area contributed by atoms with E-state index in [1.807, 2.05) is 0 Å². The molecule has 0 aliphatic heterocycles. The minimum absolute atomic E-state index is 0.314. The monoisotopic (exact) mass is 435 g/mol. The van der Waals surface area contributed by atoms with Gasteiger partial charge in [0.2, 0.25) is 5.91 Å². The Kier molecular flexibility index (Phi) is 16.0. The first-order valence-electron chi connectivity index (χ1n) is 10.8. The summed E-state index contributed by atoms with van der Waals surface area (Å²) in [5.41, 5.74) is 5.61. The van der Waals surface area contributed by atoms with Crippen molar-refractivity contribution in [3.05, 3.63) is 46.6 Å². The minimum Gasteiger partial charge on any atom is -0.480 e. The van der Waals surface area contributed by atoms with Crippen LogP contribution < -0.4 is 5.32 Å². The molecule has 0 saturated carbocycles. The molecule has 5 heteroatoms. The molecular weight excluding hydrogens is 394 g/mol. The van der Waals surface area contributed by atoms with E-state index in [2.05, 4.69) is 64.2 Å². The lowest BCUT2D eigenvalue weighted by Gasteiger charge is -2.12. The first-order chi connectivity index (χ1) is 14.1. The zero-order chi connectivity index (χ0) is 22.9. The Labute approximate surface area is 188 Å². The second-order valence-electron chi connectivity index (χ2n) is 8.18. The lowest BCUT2D eigenvalue weighted by atomic mass is 10.0. The lowest BCUT2D eigenvalue weighted by molar-refractivity contribution is -0.140. The number of thioether (sulfide) groups is 1. The summed E-state index contributed by atoms with van der Waals surface area (Å²) in [6.45, 7) is 12.2. The average Bonchev–Trinajstić information content (AvgIpc) is 2.63. The zero-order valence-electron chi connectivity index (χ0n) is 19.7. The van der Waals surface area contributed by atoms with Gasteiger partial charge in [-0.2, -0.15) is 11.8 Å². The van der Waals surface area contributed by atoms with Crippen molar-refractivity contribution in [2.75, 3.05) is 11.5 Å². The van der Waals surface area contributed by atoms with Crippen molar-refractivity contribution in [1.29, 1.82) is 0 Å².